The van der Waals surface area contributed by atoms with E-state index in [1.807, 2.05) is 72.8 Å². The van der Waals surface area contributed by atoms with E-state index in [4.69, 9.17) is 6.85 Å². The number of phenolic OH excluding ortho intramolecular Hbond substituents is 1. The molecule has 6 aromatic rings. The lowest BCUT2D eigenvalue weighted by Gasteiger charge is -2.19. The predicted molar refractivity (Wildman–Crippen MR) is 131 cm³/mol. The maximum absolute atomic E-state index is 10.6. The van der Waals surface area contributed by atoms with Crippen LogP contribution >= 0.6 is 0 Å². The highest BCUT2D eigenvalue weighted by Gasteiger charge is 2.18. The Morgan fingerprint density at radius 2 is 1.06 bits per heavy atom. The predicted octanol–water partition coefficient (Wildman–Crippen LogP) is 8.19. The second-order valence-corrected chi connectivity index (χ2v) is 7.56. The maximum Gasteiger partial charge on any atom is 0.116 e. The van der Waals surface area contributed by atoms with Gasteiger partial charge < -0.3 is 5.11 Å². The fourth-order valence-electron chi connectivity index (χ4n) is 4.56. The van der Waals surface area contributed by atoms with Crippen molar-refractivity contribution in [1.82, 2.24) is 0 Å². The van der Waals surface area contributed by atoms with Gasteiger partial charge in [-0.3, -0.25) is 0 Å². The molecule has 0 aliphatic heterocycles. The fraction of sp³-hybridized carbons (Fsp3) is 0. The van der Waals surface area contributed by atoms with Crippen molar-refractivity contribution in [2.45, 2.75) is 0 Å². The summed E-state index contributed by atoms with van der Waals surface area (Å²) >= 11 is 0. The molecular formula is C30H20O. The van der Waals surface area contributed by atoms with Crippen molar-refractivity contribution in [2.24, 2.45) is 0 Å². The number of aromatic hydroxyl groups is 1. The van der Waals surface area contributed by atoms with E-state index in [2.05, 4.69) is 0 Å². The topological polar surface area (TPSA) is 20.2 Å². The number of benzene rings is 6. The van der Waals surface area contributed by atoms with E-state index >= 15 is 0 Å². The lowest BCUT2D eigenvalue weighted by molar-refractivity contribution is 0.476. The lowest BCUT2D eigenvalue weighted by Crippen LogP contribution is -1.91. The van der Waals surface area contributed by atoms with Gasteiger partial charge in [0.25, 0.3) is 0 Å². The number of phenols is 1. The fourth-order valence-corrected chi connectivity index (χ4v) is 4.56. The van der Waals surface area contributed by atoms with Crippen LogP contribution in [0, 0.1) is 0 Å². The van der Waals surface area contributed by atoms with Crippen LogP contribution in [-0.2, 0) is 0 Å². The highest BCUT2D eigenvalue weighted by molar-refractivity contribution is 6.23. The van der Waals surface area contributed by atoms with Crippen molar-refractivity contribution in [2.75, 3.05) is 0 Å². The largest absolute Gasteiger partial charge is 0.508 e. The summed E-state index contributed by atoms with van der Waals surface area (Å²) in [4.78, 5) is 0. The molecule has 0 fully saturated rings. The van der Waals surface area contributed by atoms with Crippen molar-refractivity contribution < 1.29 is 12.0 Å². The molecule has 0 spiro atoms. The van der Waals surface area contributed by atoms with Crippen LogP contribution in [0.15, 0.2) is 115 Å². The van der Waals surface area contributed by atoms with Gasteiger partial charge in [0.15, 0.2) is 0 Å². The first-order chi connectivity index (χ1) is 17.4. The molecule has 0 bridgehead atoms. The van der Waals surface area contributed by atoms with Crippen LogP contribution in [0.1, 0.15) is 6.85 Å². The molecule has 6 rings (SSSR count). The zero-order valence-corrected chi connectivity index (χ0v) is 16.5. The van der Waals surface area contributed by atoms with E-state index in [1.165, 1.54) is 0 Å². The van der Waals surface area contributed by atoms with E-state index in [0.29, 0.717) is 5.56 Å². The van der Waals surface area contributed by atoms with Crippen LogP contribution in [-0.4, -0.2) is 5.11 Å². The van der Waals surface area contributed by atoms with Gasteiger partial charge in [0.2, 0.25) is 0 Å². The number of fused-ring (bicyclic) bond motifs is 3. The average Bonchev–Trinajstić information content (AvgIpc) is 2.90. The quantitative estimate of drug-likeness (QED) is 0.290. The third kappa shape index (κ3) is 2.78. The molecule has 1 heteroatoms. The minimum Gasteiger partial charge on any atom is -0.508 e. The molecule has 1 N–H and O–H groups in total. The van der Waals surface area contributed by atoms with Crippen LogP contribution in [0.2, 0.25) is 0 Å². The van der Waals surface area contributed by atoms with Crippen LogP contribution in [0.4, 0.5) is 0 Å². The molecule has 0 heterocycles. The van der Waals surface area contributed by atoms with Crippen LogP contribution in [0.25, 0.3) is 54.6 Å². The summed E-state index contributed by atoms with van der Waals surface area (Å²) < 4.78 is 41.9. The summed E-state index contributed by atoms with van der Waals surface area (Å²) in [6.07, 6.45) is 0. The minimum absolute atomic E-state index is 0.159. The lowest BCUT2D eigenvalue weighted by atomic mass is 9.84. The Morgan fingerprint density at radius 1 is 0.548 bits per heavy atom. The minimum atomic E-state index is -0.412. The van der Waals surface area contributed by atoms with Crippen molar-refractivity contribution in [1.29, 1.82) is 0 Å². The molecule has 0 atom stereocenters. The Bertz CT molecular complexity index is 1770. The first-order valence-electron chi connectivity index (χ1n) is 12.6. The number of hydrogen-bond acceptors (Lipinski definition) is 1. The molecule has 0 aliphatic rings. The van der Waals surface area contributed by atoms with Gasteiger partial charge in [-0.1, -0.05) is 103 Å². The van der Waals surface area contributed by atoms with Crippen molar-refractivity contribution in [3.05, 3.63) is 115 Å². The maximum atomic E-state index is 10.6. The third-order valence-corrected chi connectivity index (χ3v) is 5.80. The summed E-state index contributed by atoms with van der Waals surface area (Å²) in [6.45, 7) is 0. The van der Waals surface area contributed by atoms with Gasteiger partial charge in [0.05, 0.1) is 6.85 Å². The van der Waals surface area contributed by atoms with E-state index in [9.17, 15) is 5.11 Å². The second kappa shape index (κ2) is 7.00. The molecule has 31 heavy (non-hydrogen) atoms. The van der Waals surface area contributed by atoms with E-state index in [1.54, 1.807) is 12.1 Å². The molecule has 0 radical (unpaired) electrons. The number of rotatable bonds is 2. The molecule has 0 aromatic heterocycles. The van der Waals surface area contributed by atoms with Crippen molar-refractivity contribution in [3.63, 3.8) is 0 Å². The van der Waals surface area contributed by atoms with Crippen molar-refractivity contribution in [3.8, 4) is 28.0 Å². The van der Waals surface area contributed by atoms with Gasteiger partial charge in [-0.25, -0.2) is 0 Å². The summed E-state index contributed by atoms with van der Waals surface area (Å²) in [5, 5.41) is 15.8. The first kappa shape index (κ1) is 13.3. The number of hydrogen-bond donors (Lipinski definition) is 1. The van der Waals surface area contributed by atoms with Gasteiger partial charge >= 0.3 is 0 Å². The summed E-state index contributed by atoms with van der Waals surface area (Å²) in [5.41, 5.74) is 2.57. The Kier molecular flexibility index (Phi) is 2.99. The van der Waals surface area contributed by atoms with E-state index < -0.39 is 6.04 Å². The molecule has 146 valence electrons. The molecular weight excluding hydrogens is 376 g/mol. The average molecular weight is 402 g/mol. The van der Waals surface area contributed by atoms with Gasteiger partial charge in [-0.05, 0) is 66.7 Å². The van der Waals surface area contributed by atoms with E-state index in [-0.39, 0.29) is 35.5 Å². The summed E-state index contributed by atoms with van der Waals surface area (Å²) in [6, 6.07) is 25.2. The molecule has 6 aromatic carbocycles. The zero-order chi connectivity index (χ0) is 25.1. The summed E-state index contributed by atoms with van der Waals surface area (Å²) in [5.74, 6) is 0.159. The van der Waals surface area contributed by atoms with Crippen LogP contribution in [0.3, 0.4) is 0 Å². The Labute approximate surface area is 187 Å². The Hall–Kier alpha value is -4.10. The van der Waals surface area contributed by atoms with Crippen LogP contribution in [0.5, 0.6) is 5.75 Å². The highest BCUT2D eigenvalue weighted by atomic mass is 16.3. The highest BCUT2D eigenvalue weighted by Crippen LogP contribution is 2.45. The Balaban J connectivity index is 1.87. The van der Waals surface area contributed by atoms with Crippen LogP contribution < -0.4 is 0 Å². The van der Waals surface area contributed by atoms with Gasteiger partial charge in [0.1, 0.15) is 5.75 Å². The third-order valence-electron chi connectivity index (χ3n) is 5.80. The second-order valence-electron chi connectivity index (χ2n) is 7.56. The first-order valence-corrected chi connectivity index (χ1v) is 10.1. The van der Waals surface area contributed by atoms with Crippen molar-refractivity contribution >= 4 is 32.3 Å². The SMILES string of the molecule is [2H]c1c([2H])c([2H])c(-c2c3ccccc3c(-c3cc(O)cc4ccccc34)c3ccccc23)c([2H])c1[2H]. The van der Waals surface area contributed by atoms with Gasteiger partial charge in [-0.2, -0.15) is 0 Å². The van der Waals surface area contributed by atoms with E-state index in [0.717, 1.165) is 43.4 Å². The Morgan fingerprint density at radius 3 is 1.68 bits per heavy atom. The normalized spacial score (nSPS) is 13.6. The molecule has 1 nitrogen and oxygen atoms in total. The molecule has 0 amide bonds. The van der Waals surface area contributed by atoms with Gasteiger partial charge in [0, 0.05) is 0 Å². The summed E-state index contributed by atoms with van der Waals surface area (Å²) in [7, 11) is 0. The molecule has 0 aliphatic carbocycles. The monoisotopic (exact) mass is 401 g/mol. The standard InChI is InChI=1S/C30H20O/c31-22-18-21-12-4-5-13-23(21)28(19-22)30-26-16-8-6-14-24(26)29(20-10-2-1-3-11-20)25-15-7-9-17-27(25)30/h1-19,31H/i1D,2D,3D,10D,11D. The smallest absolute Gasteiger partial charge is 0.116 e. The molecule has 0 saturated carbocycles. The van der Waals surface area contributed by atoms with Gasteiger partial charge in [-0.15, -0.1) is 0 Å². The molecule has 0 unspecified atom stereocenters. The zero-order valence-electron chi connectivity index (χ0n) is 21.5. The molecule has 0 saturated heterocycles.